The van der Waals surface area contributed by atoms with Gasteiger partial charge >= 0.3 is 0 Å². The number of nitrogens with zero attached hydrogens (tertiary/aromatic N) is 1. The largest absolute Gasteiger partial charge is 0.349 e. The molecule has 1 aliphatic heterocycles. The Bertz CT molecular complexity index is 595. The van der Waals surface area contributed by atoms with Gasteiger partial charge in [-0.3, -0.25) is 9.59 Å². The Morgan fingerprint density at radius 2 is 2.17 bits per heavy atom. The van der Waals surface area contributed by atoms with Crippen LogP contribution in [0.15, 0.2) is 18.2 Å². The summed E-state index contributed by atoms with van der Waals surface area (Å²) in [5.74, 6) is -2.01. The van der Waals surface area contributed by atoms with Gasteiger partial charge < -0.3 is 15.5 Å². The Hall–Kier alpha value is -2.02. The van der Waals surface area contributed by atoms with Gasteiger partial charge in [-0.2, -0.15) is 0 Å². The van der Waals surface area contributed by atoms with Crippen molar-refractivity contribution in [2.24, 2.45) is 0 Å². The van der Waals surface area contributed by atoms with E-state index in [-0.39, 0.29) is 29.8 Å². The smallest absolute Gasteiger partial charge is 0.225 e. The van der Waals surface area contributed by atoms with E-state index in [1.54, 1.807) is 4.90 Å². The van der Waals surface area contributed by atoms with Crippen molar-refractivity contribution in [2.45, 2.75) is 32.4 Å². The van der Waals surface area contributed by atoms with Crippen LogP contribution in [0.3, 0.4) is 0 Å². The van der Waals surface area contributed by atoms with Gasteiger partial charge in [0.2, 0.25) is 11.8 Å². The predicted octanol–water partition coefficient (Wildman–Crippen LogP) is 1.35. The second-order valence-electron chi connectivity index (χ2n) is 5.76. The first-order valence-corrected chi connectivity index (χ1v) is 7.60. The lowest BCUT2D eigenvalue weighted by Crippen LogP contribution is -2.52. The average Bonchev–Trinajstić information content (AvgIpc) is 2.46. The Labute approximate surface area is 134 Å². The Morgan fingerprint density at radius 1 is 1.43 bits per heavy atom. The number of carbonyl (C=O) groups excluding carboxylic acids is 2. The number of hydrogen-bond donors (Lipinski definition) is 2. The fourth-order valence-corrected chi connectivity index (χ4v) is 2.77. The van der Waals surface area contributed by atoms with Crippen LogP contribution < -0.4 is 10.6 Å². The molecule has 1 saturated heterocycles. The van der Waals surface area contributed by atoms with E-state index in [1.165, 1.54) is 13.0 Å². The van der Waals surface area contributed by atoms with E-state index >= 15 is 0 Å². The summed E-state index contributed by atoms with van der Waals surface area (Å²) in [5.41, 5.74) is 0.109. The summed E-state index contributed by atoms with van der Waals surface area (Å²) in [7, 11) is 0. The van der Waals surface area contributed by atoms with Gasteiger partial charge in [-0.05, 0) is 13.0 Å². The molecule has 1 aromatic carbocycles. The van der Waals surface area contributed by atoms with Crippen molar-refractivity contribution in [1.82, 2.24) is 15.5 Å². The molecule has 0 aliphatic carbocycles. The topological polar surface area (TPSA) is 61.4 Å². The van der Waals surface area contributed by atoms with E-state index in [4.69, 9.17) is 0 Å². The van der Waals surface area contributed by atoms with Gasteiger partial charge in [0.25, 0.3) is 0 Å². The fraction of sp³-hybridized carbons (Fsp3) is 0.500. The number of benzene rings is 1. The van der Waals surface area contributed by atoms with E-state index in [0.29, 0.717) is 19.6 Å². The molecule has 2 N–H and O–H groups in total. The van der Waals surface area contributed by atoms with Gasteiger partial charge in [0.05, 0.1) is 12.5 Å². The first kappa shape index (κ1) is 17.3. The molecule has 2 amide bonds. The van der Waals surface area contributed by atoms with Crippen molar-refractivity contribution < 1.29 is 18.4 Å². The molecule has 1 heterocycles. The molecular weight excluding hydrogens is 304 g/mol. The Balaban J connectivity index is 2.18. The highest BCUT2D eigenvalue weighted by Crippen LogP contribution is 2.23. The summed E-state index contributed by atoms with van der Waals surface area (Å²) in [6.45, 7) is 5.19. The van der Waals surface area contributed by atoms with E-state index < -0.39 is 17.7 Å². The minimum absolute atomic E-state index is 0.0345. The summed E-state index contributed by atoms with van der Waals surface area (Å²) in [6.07, 6.45) is -0.0630. The zero-order valence-electron chi connectivity index (χ0n) is 13.2. The van der Waals surface area contributed by atoms with Gasteiger partial charge in [0.15, 0.2) is 0 Å². The molecule has 0 saturated carbocycles. The molecule has 1 aromatic rings. The molecule has 23 heavy (non-hydrogen) atoms. The number of rotatable bonds is 4. The molecule has 1 fully saturated rings. The van der Waals surface area contributed by atoms with Gasteiger partial charge in [0, 0.05) is 44.2 Å². The highest BCUT2D eigenvalue weighted by molar-refractivity contribution is 5.79. The SMILES string of the molecule is CC(=O)NC(CC(=O)N1CCNC[C@H]1C)c1ccc(F)cc1F. The summed E-state index contributed by atoms with van der Waals surface area (Å²) in [6, 6.07) is 2.35. The third kappa shape index (κ3) is 4.48. The molecule has 5 nitrogen and oxygen atoms in total. The minimum atomic E-state index is -0.817. The van der Waals surface area contributed by atoms with Crippen molar-refractivity contribution >= 4 is 11.8 Å². The van der Waals surface area contributed by atoms with E-state index in [9.17, 15) is 18.4 Å². The molecule has 7 heteroatoms. The maximum atomic E-state index is 14.0. The quantitative estimate of drug-likeness (QED) is 0.878. The summed E-state index contributed by atoms with van der Waals surface area (Å²) >= 11 is 0. The van der Waals surface area contributed by atoms with Crippen LogP contribution in [-0.2, 0) is 9.59 Å². The van der Waals surface area contributed by atoms with Gasteiger partial charge in [-0.1, -0.05) is 6.07 Å². The van der Waals surface area contributed by atoms with Gasteiger partial charge in [-0.25, -0.2) is 8.78 Å². The first-order chi connectivity index (χ1) is 10.9. The molecule has 2 atom stereocenters. The van der Waals surface area contributed by atoms with Crippen LogP contribution in [0.1, 0.15) is 31.9 Å². The van der Waals surface area contributed by atoms with Crippen molar-refractivity contribution in [3.8, 4) is 0 Å². The lowest BCUT2D eigenvalue weighted by Gasteiger charge is -2.35. The van der Waals surface area contributed by atoms with E-state index in [1.807, 2.05) is 6.92 Å². The summed E-state index contributed by atoms with van der Waals surface area (Å²) < 4.78 is 27.1. The lowest BCUT2D eigenvalue weighted by molar-refractivity contribution is -0.134. The van der Waals surface area contributed by atoms with Crippen molar-refractivity contribution in [3.63, 3.8) is 0 Å². The number of halogens is 2. The summed E-state index contributed by atoms with van der Waals surface area (Å²) in [4.78, 5) is 25.6. The molecular formula is C16H21F2N3O2. The highest BCUT2D eigenvalue weighted by Gasteiger charge is 2.27. The molecule has 0 spiro atoms. The molecule has 1 aliphatic rings. The van der Waals surface area contributed by atoms with Crippen LogP contribution in [0.2, 0.25) is 0 Å². The number of nitrogens with one attached hydrogen (secondary N) is 2. The van der Waals surface area contributed by atoms with Crippen LogP contribution in [0, 0.1) is 11.6 Å². The van der Waals surface area contributed by atoms with Crippen molar-refractivity contribution in [3.05, 3.63) is 35.4 Å². The number of carbonyl (C=O) groups is 2. The van der Waals surface area contributed by atoms with Crippen LogP contribution in [0.5, 0.6) is 0 Å². The Morgan fingerprint density at radius 3 is 2.78 bits per heavy atom. The maximum Gasteiger partial charge on any atom is 0.225 e. The normalized spacial score (nSPS) is 19.3. The number of amides is 2. The number of piperazine rings is 1. The highest BCUT2D eigenvalue weighted by atomic mass is 19.1. The zero-order chi connectivity index (χ0) is 17.0. The molecule has 0 aromatic heterocycles. The van der Waals surface area contributed by atoms with Crippen LogP contribution >= 0.6 is 0 Å². The first-order valence-electron chi connectivity index (χ1n) is 7.60. The third-order valence-electron chi connectivity index (χ3n) is 3.92. The average molecular weight is 325 g/mol. The minimum Gasteiger partial charge on any atom is -0.349 e. The van der Waals surface area contributed by atoms with Crippen molar-refractivity contribution in [2.75, 3.05) is 19.6 Å². The number of hydrogen-bond acceptors (Lipinski definition) is 3. The summed E-state index contributed by atoms with van der Waals surface area (Å²) in [5, 5.41) is 5.76. The van der Waals surface area contributed by atoms with Crippen LogP contribution in [-0.4, -0.2) is 42.4 Å². The molecule has 2 rings (SSSR count). The molecule has 0 bridgehead atoms. The molecule has 126 valence electrons. The van der Waals surface area contributed by atoms with Gasteiger partial charge in [-0.15, -0.1) is 0 Å². The molecule has 0 radical (unpaired) electrons. The van der Waals surface area contributed by atoms with E-state index in [0.717, 1.165) is 12.1 Å². The standard InChI is InChI=1S/C16H21F2N3O2/c1-10-9-19-5-6-21(10)16(23)8-15(20-11(2)22)13-4-3-12(17)7-14(13)18/h3-4,7,10,15,19H,5-6,8-9H2,1-2H3,(H,20,22)/t10-,15?/m1/s1. The Kier molecular flexibility index (Phi) is 5.65. The van der Waals surface area contributed by atoms with Crippen LogP contribution in [0.25, 0.3) is 0 Å². The monoisotopic (exact) mass is 325 g/mol. The third-order valence-corrected chi connectivity index (χ3v) is 3.92. The predicted molar refractivity (Wildman–Crippen MR) is 81.6 cm³/mol. The maximum absolute atomic E-state index is 14.0. The van der Waals surface area contributed by atoms with Crippen molar-refractivity contribution in [1.29, 1.82) is 0 Å². The zero-order valence-corrected chi connectivity index (χ0v) is 13.2. The fourth-order valence-electron chi connectivity index (χ4n) is 2.77. The van der Waals surface area contributed by atoms with E-state index in [2.05, 4.69) is 10.6 Å². The second-order valence-corrected chi connectivity index (χ2v) is 5.76. The van der Waals surface area contributed by atoms with Gasteiger partial charge in [0.1, 0.15) is 11.6 Å². The second kappa shape index (κ2) is 7.50. The van der Waals surface area contributed by atoms with Crippen LogP contribution in [0.4, 0.5) is 8.78 Å². The lowest BCUT2D eigenvalue weighted by atomic mass is 10.0. The molecule has 1 unspecified atom stereocenters.